The van der Waals surface area contributed by atoms with Crippen molar-refractivity contribution in [1.29, 1.82) is 0 Å². The molecule has 0 aromatic heterocycles. The highest BCUT2D eigenvalue weighted by Gasteiger charge is 2.23. The van der Waals surface area contributed by atoms with Crippen molar-refractivity contribution in [1.82, 2.24) is 0 Å². The third kappa shape index (κ3) is 2.74. The molecule has 2 atom stereocenters. The molecule has 0 radical (unpaired) electrons. The number of nitrogens with two attached hydrogens (primary N) is 1. The summed E-state index contributed by atoms with van der Waals surface area (Å²) in [6, 6.07) is 14.6. The van der Waals surface area contributed by atoms with Crippen LogP contribution in [0.3, 0.4) is 0 Å². The van der Waals surface area contributed by atoms with E-state index in [1.165, 1.54) is 23.3 Å². The maximum absolute atomic E-state index is 13.3. The van der Waals surface area contributed by atoms with E-state index in [2.05, 4.69) is 12.1 Å². The molecule has 3 heteroatoms. The minimum atomic E-state index is -0.247. The Morgan fingerprint density at radius 2 is 2.05 bits per heavy atom. The van der Waals surface area contributed by atoms with Crippen LogP contribution in [-0.2, 0) is 11.2 Å². The molecule has 2 nitrogen and oxygen atoms in total. The van der Waals surface area contributed by atoms with Crippen LogP contribution < -0.4 is 5.73 Å². The summed E-state index contributed by atoms with van der Waals surface area (Å²) in [6.45, 7) is 0.720. The zero-order valence-electron chi connectivity index (χ0n) is 11.3. The Bertz CT molecular complexity index is 599. The molecule has 20 heavy (non-hydrogen) atoms. The lowest BCUT2D eigenvalue weighted by Gasteiger charge is -2.28. The Morgan fingerprint density at radius 3 is 2.90 bits per heavy atom. The van der Waals surface area contributed by atoms with E-state index in [-0.39, 0.29) is 18.0 Å². The fourth-order valence-corrected chi connectivity index (χ4v) is 2.78. The predicted octanol–water partition coefficient (Wildman–Crippen LogP) is 3.53. The molecule has 0 bridgehead atoms. The number of hydrogen-bond acceptors (Lipinski definition) is 2. The molecule has 0 aliphatic carbocycles. The molecule has 1 heterocycles. The summed E-state index contributed by atoms with van der Waals surface area (Å²) in [5, 5.41) is 0. The molecule has 0 saturated carbocycles. The summed E-state index contributed by atoms with van der Waals surface area (Å²) in [4.78, 5) is 0. The molecule has 3 rings (SSSR count). The van der Waals surface area contributed by atoms with Gasteiger partial charge in [0.15, 0.2) is 0 Å². The zero-order chi connectivity index (χ0) is 13.9. The van der Waals surface area contributed by atoms with E-state index in [4.69, 9.17) is 10.5 Å². The van der Waals surface area contributed by atoms with Crippen LogP contribution in [0.5, 0.6) is 0 Å². The fourth-order valence-electron chi connectivity index (χ4n) is 2.78. The van der Waals surface area contributed by atoms with Crippen LogP contribution in [0.1, 0.15) is 35.3 Å². The Balaban J connectivity index is 1.79. The third-order valence-corrected chi connectivity index (χ3v) is 3.84. The summed E-state index contributed by atoms with van der Waals surface area (Å²) in [5.74, 6) is -0.247. The smallest absolute Gasteiger partial charge is 0.123 e. The summed E-state index contributed by atoms with van der Waals surface area (Å²) in [6.07, 6.45) is 1.61. The van der Waals surface area contributed by atoms with Gasteiger partial charge in [-0.3, -0.25) is 0 Å². The van der Waals surface area contributed by atoms with Crippen molar-refractivity contribution in [3.63, 3.8) is 0 Å². The van der Waals surface area contributed by atoms with Crippen molar-refractivity contribution < 1.29 is 9.13 Å². The van der Waals surface area contributed by atoms with E-state index in [0.717, 1.165) is 18.6 Å². The molecular formula is C17H18FNO. The van der Waals surface area contributed by atoms with Crippen LogP contribution in [0.15, 0.2) is 48.5 Å². The summed E-state index contributed by atoms with van der Waals surface area (Å²) >= 11 is 0. The number of fused-ring (bicyclic) bond motifs is 1. The third-order valence-electron chi connectivity index (χ3n) is 3.84. The molecule has 1 aliphatic heterocycles. The Morgan fingerprint density at radius 1 is 1.20 bits per heavy atom. The maximum atomic E-state index is 13.3. The normalized spacial score (nSPS) is 19.4. The molecule has 0 spiro atoms. The first kappa shape index (κ1) is 13.3. The number of hydrogen-bond donors (Lipinski definition) is 1. The number of halogens is 1. The molecule has 2 aromatic carbocycles. The molecule has 2 N–H and O–H groups in total. The van der Waals surface area contributed by atoms with Gasteiger partial charge in [-0.05, 0) is 41.7 Å². The number of ether oxygens (including phenoxy) is 1. The van der Waals surface area contributed by atoms with Gasteiger partial charge >= 0.3 is 0 Å². The van der Waals surface area contributed by atoms with Crippen molar-refractivity contribution in [3.05, 3.63) is 71.0 Å². The second kappa shape index (κ2) is 5.73. The Kier molecular flexibility index (Phi) is 3.81. The van der Waals surface area contributed by atoms with Gasteiger partial charge in [0, 0.05) is 6.04 Å². The van der Waals surface area contributed by atoms with Gasteiger partial charge < -0.3 is 10.5 Å². The molecule has 1 aliphatic rings. The average Bonchev–Trinajstić information content (AvgIpc) is 2.47. The minimum Gasteiger partial charge on any atom is -0.373 e. The first-order valence-corrected chi connectivity index (χ1v) is 6.94. The van der Waals surface area contributed by atoms with Crippen LogP contribution in [0.4, 0.5) is 4.39 Å². The molecule has 2 unspecified atom stereocenters. The lowest BCUT2D eigenvalue weighted by molar-refractivity contribution is 0.0319. The van der Waals surface area contributed by atoms with Crippen LogP contribution in [0.25, 0.3) is 0 Å². The van der Waals surface area contributed by atoms with Crippen LogP contribution in [0.2, 0.25) is 0 Å². The van der Waals surface area contributed by atoms with E-state index in [0.29, 0.717) is 6.42 Å². The number of rotatable bonds is 3. The van der Waals surface area contributed by atoms with Gasteiger partial charge in [0.05, 0.1) is 12.7 Å². The highest BCUT2D eigenvalue weighted by Crippen LogP contribution is 2.33. The van der Waals surface area contributed by atoms with Gasteiger partial charge in [0.1, 0.15) is 5.82 Å². The van der Waals surface area contributed by atoms with Gasteiger partial charge in [0.2, 0.25) is 0 Å². The average molecular weight is 271 g/mol. The van der Waals surface area contributed by atoms with Crippen molar-refractivity contribution in [2.24, 2.45) is 5.73 Å². The quantitative estimate of drug-likeness (QED) is 0.927. The monoisotopic (exact) mass is 271 g/mol. The van der Waals surface area contributed by atoms with Crippen molar-refractivity contribution in [2.45, 2.75) is 25.0 Å². The number of benzene rings is 2. The van der Waals surface area contributed by atoms with Crippen molar-refractivity contribution in [3.8, 4) is 0 Å². The molecule has 0 fully saturated rings. The van der Waals surface area contributed by atoms with E-state index >= 15 is 0 Å². The van der Waals surface area contributed by atoms with Gasteiger partial charge in [-0.2, -0.15) is 0 Å². The van der Waals surface area contributed by atoms with Gasteiger partial charge in [-0.15, -0.1) is 0 Å². The summed E-state index contributed by atoms with van der Waals surface area (Å²) in [5.41, 5.74) is 9.56. The Hall–Kier alpha value is -1.71. The standard InChI is InChI=1S/C17H18FNO/c18-14-6-3-5-13(10-14)16(19)11-17-15-7-2-1-4-12(15)8-9-20-17/h1-7,10,16-17H,8-9,11,19H2. The van der Waals surface area contributed by atoms with E-state index in [1.807, 2.05) is 18.2 Å². The molecule has 0 saturated heterocycles. The van der Waals surface area contributed by atoms with E-state index < -0.39 is 0 Å². The SMILES string of the molecule is NC(CC1OCCc2ccccc21)c1cccc(F)c1. The maximum Gasteiger partial charge on any atom is 0.123 e. The van der Waals surface area contributed by atoms with Crippen molar-refractivity contribution in [2.75, 3.05) is 6.61 Å². The van der Waals surface area contributed by atoms with E-state index in [1.54, 1.807) is 6.07 Å². The van der Waals surface area contributed by atoms with Gasteiger partial charge in [-0.1, -0.05) is 36.4 Å². The molecule has 0 amide bonds. The van der Waals surface area contributed by atoms with Crippen LogP contribution in [0, 0.1) is 5.82 Å². The fraction of sp³-hybridized carbons (Fsp3) is 0.294. The van der Waals surface area contributed by atoms with Crippen LogP contribution in [-0.4, -0.2) is 6.61 Å². The Labute approximate surface area is 118 Å². The lowest BCUT2D eigenvalue weighted by Crippen LogP contribution is -2.21. The zero-order valence-corrected chi connectivity index (χ0v) is 11.3. The second-order valence-electron chi connectivity index (χ2n) is 5.21. The summed E-state index contributed by atoms with van der Waals surface area (Å²) in [7, 11) is 0. The van der Waals surface area contributed by atoms with Crippen molar-refractivity contribution >= 4 is 0 Å². The van der Waals surface area contributed by atoms with E-state index in [9.17, 15) is 4.39 Å². The minimum absolute atomic E-state index is 0.00165. The first-order chi connectivity index (χ1) is 9.74. The molecule has 2 aromatic rings. The summed E-state index contributed by atoms with van der Waals surface area (Å²) < 4.78 is 19.1. The highest BCUT2D eigenvalue weighted by molar-refractivity contribution is 5.31. The highest BCUT2D eigenvalue weighted by atomic mass is 19.1. The van der Waals surface area contributed by atoms with Crippen LogP contribution >= 0.6 is 0 Å². The topological polar surface area (TPSA) is 35.2 Å². The second-order valence-corrected chi connectivity index (χ2v) is 5.21. The molecular weight excluding hydrogens is 253 g/mol. The molecule has 104 valence electrons. The predicted molar refractivity (Wildman–Crippen MR) is 76.8 cm³/mol. The van der Waals surface area contributed by atoms with Gasteiger partial charge in [0.25, 0.3) is 0 Å². The largest absolute Gasteiger partial charge is 0.373 e. The first-order valence-electron chi connectivity index (χ1n) is 6.94. The lowest BCUT2D eigenvalue weighted by atomic mass is 9.92. The van der Waals surface area contributed by atoms with Gasteiger partial charge in [-0.25, -0.2) is 4.39 Å².